The second-order valence-electron chi connectivity index (χ2n) is 5.24. The molecule has 0 saturated heterocycles. The molecule has 2 atom stereocenters. The van der Waals surface area contributed by atoms with Gasteiger partial charge in [0.05, 0.1) is 6.04 Å². The van der Waals surface area contributed by atoms with E-state index in [2.05, 4.69) is 12.2 Å². The van der Waals surface area contributed by atoms with E-state index in [1.165, 1.54) is 0 Å². The molecule has 0 spiro atoms. The predicted octanol–water partition coefficient (Wildman–Crippen LogP) is 2.01. The molecule has 2 unspecified atom stereocenters. The molecule has 1 amide bonds. The lowest BCUT2D eigenvalue weighted by Crippen LogP contribution is -2.50. The molecular formula is C12H26N2OS. The molecule has 0 aliphatic rings. The number of rotatable bonds is 6. The number of nitrogens with two attached hydrogens (primary N) is 1. The van der Waals surface area contributed by atoms with E-state index in [9.17, 15) is 4.79 Å². The van der Waals surface area contributed by atoms with Crippen LogP contribution in [0.25, 0.3) is 0 Å². The molecule has 3 nitrogen and oxygen atoms in total. The summed E-state index contributed by atoms with van der Waals surface area (Å²) in [6.07, 6.45) is 1.00. The molecule has 0 rings (SSSR count). The van der Waals surface area contributed by atoms with E-state index in [0.717, 1.165) is 17.9 Å². The van der Waals surface area contributed by atoms with Crippen molar-refractivity contribution in [1.82, 2.24) is 5.32 Å². The summed E-state index contributed by atoms with van der Waals surface area (Å²) in [7, 11) is 0. The van der Waals surface area contributed by atoms with Gasteiger partial charge in [-0.3, -0.25) is 4.79 Å². The number of nitrogens with one attached hydrogen (secondary N) is 1. The topological polar surface area (TPSA) is 55.1 Å². The van der Waals surface area contributed by atoms with Crippen LogP contribution in [0.4, 0.5) is 0 Å². The van der Waals surface area contributed by atoms with Gasteiger partial charge < -0.3 is 11.1 Å². The fraction of sp³-hybridized carbons (Fsp3) is 0.917. The van der Waals surface area contributed by atoms with Crippen molar-refractivity contribution in [1.29, 1.82) is 0 Å². The lowest BCUT2D eigenvalue weighted by Gasteiger charge is -2.27. The molecule has 0 radical (unpaired) electrons. The molecule has 3 N–H and O–H groups in total. The first-order valence-electron chi connectivity index (χ1n) is 5.92. The third kappa shape index (κ3) is 6.38. The van der Waals surface area contributed by atoms with Crippen LogP contribution < -0.4 is 11.1 Å². The van der Waals surface area contributed by atoms with Gasteiger partial charge in [0.25, 0.3) is 0 Å². The Morgan fingerprint density at radius 2 is 2.00 bits per heavy atom. The van der Waals surface area contributed by atoms with Gasteiger partial charge in [-0.25, -0.2) is 0 Å². The fourth-order valence-electron chi connectivity index (χ4n) is 1.20. The number of hydrogen-bond donors (Lipinski definition) is 2. The van der Waals surface area contributed by atoms with Crippen molar-refractivity contribution >= 4 is 17.7 Å². The molecule has 0 aromatic heterocycles. The summed E-state index contributed by atoms with van der Waals surface area (Å²) in [6.45, 7) is 10.1. The Bertz CT molecular complexity index is 214. The molecular weight excluding hydrogens is 220 g/mol. The monoisotopic (exact) mass is 246 g/mol. The van der Waals surface area contributed by atoms with Gasteiger partial charge in [-0.05, 0) is 30.3 Å². The maximum atomic E-state index is 11.8. The van der Waals surface area contributed by atoms with Crippen molar-refractivity contribution in [2.24, 2.45) is 11.1 Å². The average molecular weight is 246 g/mol. The van der Waals surface area contributed by atoms with Gasteiger partial charge >= 0.3 is 0 Å². The van der Waals surface area contributed by atoms with Crippen molar-refractivity contribution in [3.63, 3.8) is 0 Å². The lowest BCUT2D eigenvalue weighted by atomic mass is 9.87. The Hall–Kier alpha value is -0.220. The molecule has 0 saturated carbocycles. The van der Waals surface area contributed by atoms with E-state index < -0.39 is 6.04 Å². The van der Waals surface area contributed by atoms with Crippen molar-refractivity contribution < 1.29 is 4.79 Å². The Labute approximate surface area is 104 Å². The van der Waals surface area contributed by atoms with E-state index in [-0.39, 0.29) is 17.4 Å². The number of thioether (sulfide) groups is 1. The Kier molecular flexibility index (Phi) is 7.07. The highest BCUT2D eigenvalue weighted by molar-refractivity contribution is 7.99. The molecule has 4 heteroatoms. The van der Waals surface area contributed by atoms with Crippen LogP contribution in [0.15, 0.2) is 0 Å². The first-order chi connectivity index (χ1) is 7.29. The molecule has 0 fully saturated rings. The highest BCUT2D eigenvalue weighted by Crippen LogP contribution is 2.17. The highest BCUT2D eigenvalue weighted by Gasteiger charge is 2.27. The van der Waals surface area contributed by atoms with E-state index in [4.69, 9.17) is 5.73 Å². The number of carbonyl (C=O) groups is 1. The van der Waals surface area contributed by atoms with Crippen LogP contribution in [0.3, 0.4) is 0 Å². The molecule has 0 bridgehead atoms. The number of amides is 1. The zero-order valence-corrected chi connectivity index (χ0v) is 12.0. The third-order valence-corrected chi connectivity index (χ3v) is 3.44. The summed E-state index contributed by atoms with van der Waals surface area (Å²) in [6, 6.07) is -0.228. The van der Waals surface area contributed by atoms with Crippen LogP contribution in [0.1, 0.15) is 41.0 Å². The van der Waals surface area contributed by atoms with Crippen LogP contribution in [0, 0.1) is 5.41 Å². The Balaban J connectivity index is 3.95. The van der Waals surface area contributed by atoms with Gasteiger partial charge in [-0.15, -0.1) is 0 Å². The maximum absolute atomic E-state index is 11.8. The van der Waals surface area contributed by atoms with Gasteiger partial charge in [-0.1, -0.05) is 27.7 Å². The quantitative estimate of drug-likeness (QED) is 0.705. The van der Waals surface area contributed by atoms with Gasteiger partial charge in [0.15, 0.2) is 0 Å². The lowest BCUT2D eigenvalue weighted by molar-refractivity contribution is -0.125. The molecule has 96 valence electrons. The van der Waals surface area contributed by atoms with Gasteiger partial charge in [-0.2, -0.15) is 11.8 Å². The van der Waals surface area contributed by atoms with Gasteiger partial charge in [0, 0.05) is 6.04 Å². The largest absolute Gasteiger partial charge is 0.352 e. The van der Waals surface area contributed by atoms with Crippen molar-refractivity contribution in [2.75, 3.05) is 11.5 Å². The highest BCUT2D eigenvalue weighted by atomic mass is 32.2. The molecule has 0 aliphatic carbocycles. The Morgan fingerprint density at radius 3 is 2.44 bits per heavy atom. The average Bonchev–Trinajstić information content (AvgIpc) is 2.15. The molecule has 0 aromatic rings. The zero-order valence-electron chi connectivity index (χ0n) is 11.2. The van der Waals surface area contributed by atoms with Gasteiger partial charge in [0.1, 0.15) is 0 Å². The van der Waals surface area contributed by atoms with Crippen LogP contribution in [-0.4, -0.2) is 29.5 Å². The summed E-state index contributed by atoms with van der Waals surface area (Å²) >= 11 is 1.89. The third-order valence-electron chi connectivity index (χ3n) is 2.50. The SMILES string of the molecule is CCSCCC(C)NC(=O)C(N)C(C)(C)C. The summed E-state index contributed by atoms with van der Waals surface area (Å²) in [5.41, 5.74) is 5.70. The minimum atomic E-state index is -0.436. The molecule has 16 heavy (non-hydrogen) atoms. The van der Waals surface area contributed by atoms with Crippen LogP contribution in [0.2, 0.25) is 0 Å². The standard InChI is InChI=1S/C12H26N2OS/c1-6-16-8-7-9(2)14-11(15)10(13)12(3,4)5/h9-10H,6-8,13H2,1-5H3,(H,14,15). The molecule has 0 aliphatic heterocycles. The smallest absolute Gasteiger partial charge is 0.237 e. The Morgan fingerprint density at radius 1 is 1.44 bits per heavy atom. The van der Waals surface area contributed by atoms with E-state index in [0.29, 0.717) is 0 Å². The minimum Gasteiger partial charge on any atom is -0.352 e. The molecule has 0 heterocycles. The fourth-order valence-corrected chi connectivity index (χ4v) is 2.01. The molecule has 0 aromatic carbocycles. The van der Waals surface area contributed by atoms with Crippen LogP contribution in [-0.2, 0) is 4.79 Å². The van der Waals surface area contributed by atoms with Crippen molar-refractivity contribution in [3.8, 4) is 0 Å². The van der Waals surface area contributed by atoms with Crippen molar-refractivity contribution in [2.45, 2.75) is 53.1 Å². The summed E-state index contributed by atoms with van der Waals surface area (Å²) in [5.74, 6) is 2.17. The normalized spacial score (nSPS) is 15.6. The summed E-state index contributed by atoms with van der Waals surface area (Å²) in [5, 5.41) is 2.97. The van der Waals surface area contributed by atoms with Crippen LogP contribution in [0.5, 0.6) is 0 Å². The van der Waals surface area contributed by atoms with Crippen molar-refractivity contribution in [3.05, 3.63) is 0 Å². The van der Waals surface area contributed by atoms with E-state index >= 15 is 0 Å². The first kappa shape index (κ1) is 15.8. The summed E-state index contributed by atoms with van der Waals surface area (Å²) < 4.78 is 0. The second kappa shape index (κ2) is 7.17. The van der Waals surface area contributed by atoms with E-state index in [1.807, 2.05) is 39.5 Å². The second-order valence-corrected chi connectivity index (χ2v) is 6.63. The van der Waals surface area contributed by atoms with Gasteiger partial charge in [0.2, 0.25) is 5.91 Å². The number of hydrogen-bond acceptors (Lipinski definition) is 3. The zero-order chi connectivity index (χ0) is 12.8. The summed E-state index contributed by atoms with van der Waals surface area (Å²) in [4.78, 5) is 11.8. The predicted molar refractivity (Wildman–Crippen MR) is 72.7 cm³/mol. The van der Waals surface area contributed by atoms with Crippen LogP contribution >= 0.6 is 11.8 Å². The minimum absolute atomic E-state index is 0.0403. The van der Waals surface area contributed by atoms with E-state index in [1.54, 1.807) is 0 Å². The maximum Gasteiger partial charge on any atom is 0.237 e. The number of carbonyl (C=O) groups excluding carboxylic acids is 1. The first-order valence-corrected chi connectivity index (χ1v) is 7.08.